The van der Waals surface area contributed by atoms with Gasteiger partial charge in [-0.1, -0.05) is 23.7 Å². The van der Waals surface area contributed by atoms with Crippen molar-refractivity contribution in [1.29, 1.82) is 0 Å². The summed E-state index contributed by atoms with van der Waals surface area (Å²) in [5.41, 5.74) is -1.10. The number of H-pyrrole nitrogens is 1. The van der Waals surface area contributed by atoms with E-state index in [1.807, 2.05) is 6.08 Å². The van der Waals surface area contributed by atoms with Gasteiger partial charge < -0.3 is 10.1 Å². The van der Waals surface area contributed by atoms with Gasteiger partial charge >= 0.3 is 6.18 Å². The Morgan fingerprint density at radius 3 is 2.61 bits per heavy atom. The average molecular weight is 472 g/mol. The molecule has 0 unspecified atom stereocenters. The van der Waals surface area contributed by atoms with E-state index in [2.05, 4.69) is 4.98 Å². The maximum atomic E-state index is 13.0. The van der Waals surface area contributed by atoms with Gasteiger partial charge in [-0.3, -0.25) is 9.59 Å². The minimum absolute atomic E-state index is 0.0642. The van der Waals surface area contributed by atoms with Crippen molar-refractivity contribution in [3.05, 3.63) is 68.6 Å². The number of benzene rings is 1. The van der Waals surface area contributed by atoms with E-state index in [-0.39, 0.29) is 24.0 Å². The van der Waals surface area contributed by atoms with Crippen molar-refractivity contribution >= 4 is 34.7 Å². The number of halogens is 4. The van der Waals surface area contributed by atoms with E-state index < -0.39 is 17.3 Å². The maximum absolute atomic E-state index is 13.0. The normalized spacial score (nSPS) is 17.4. The van der Waals surface area contributed by atoms with Crippen LogP contribution in [0.3, 0.4) is 0 Å². The van der Waals surface area contributed by atoms with Crippen molar-refractivity contribution in [2.45, 2.75) is 36.8 Å². The molecule has 1 atom stereocenters. The fourth-order valence-corrected chi connectivity index (χ4v) is 4.65. The Morgan fingerprint density at radius 1 is 1.26 bits per heavy atom. The molecule has 166 valence electrons. The van der Waals surface area contributed by atoms with Crippen molar-refractivity contribution in [1.82, 2.24) is 4.98 Å². The second-order valence-corrected chi connectivity index (χ2v) is 8.85. The zero-order valence-electron chi connectivity index (χ0n) is 16.5. The van der Waals surface area contributed by atoms with Gasteiger partial charge in [0.05, 0.1) is 5.02 Å². The molecule has 1 saturated carbocycles. The van der Waals surface area contributed by atoms with Crippen LogP contribution >= 0.6 is 23.4 Å². The van der Waals surface area contributed by atoms with Crippen LogP contribution in [-0.2, 0) is 11.0 Å². The van der Waals surface area contributed by atoms with E-state index in [1.165, 1.54) is 17.8 Å². The van der Waals surface area contributed by atoms with Crippen molar-refractivity contribution < 1.29 is 23.1 Å². The van der Waals surface area contributed by atoms with Gasteiger partial charge in [-0.2, -0.15) is 13.2 Å². The highest BCUT2D eigenvalue weighted by Gasteiger charge is 2.34. The fraction of sp³-hybridized carbons (Fsp3) is 0.364. The first-order valence-electron chi connectivity index (χ1n) is 9.77. The molecule has 3 rings (SSSR count). The van der Waals surface area contributed by atoms with Crippen LogP contribution < -0.4 is 5.56 Å². The number of carbonyl (C=O) groups excluding carboxylic acids is 1. The molecule has 9 heteroatoms. The highest BCUT2D eigenvalue weighted by Crippen LogP contribution is 2.35. The topological polar surface area (TPSA) is 70.2 Å². The van der Waals surface area contributed by atoms with Gasteiger partial charge in [0, 0.05) is 41.4 Å². The maximum Gasteiger partial charge on any atom is 0.421 e. The molecule has 0 spiro atoms. The van der Waals surface area contributed by atoms with Crippen molar-refractivity contribution in [2.24, 2.45) is 5.92 Å². The Hall–Kier alpha value is -2.03. The van der Waals surface area contributed by atoms with Crippen LogP contribution in [0.15, 0.2) is 46.1 Å². The SMILES string of the molecule is O=C1CC[C@H](/C=C(/c2ccc(SCCCO)c(Cl)c2)c2ccc(C(F)(F)F)c(=O)[nH]2)C1. The summed E-state index contributed by atoms with van der Waals surface area (Å²) in [5, 5.41) is 9.39. The van der Waals surface area contributed by atoms with Gasteiger partial charge in [0.15, 0.2) is 0 Å². The van der Waals surface area contributed by atoms with Crippen molar-refractivity contribution in [3.63, 3.8) is 0 Å². The third-order valence-electron chi connectivity index (χ3n) is 4.99. The lowest BCUT2D eigenvalue weighted by Gasteiger charge is -2.14. The second kappa shape index (κ2) is 10.1. The summed E-state index contributed by atoms with van der Waals surface area (Å²) < 4.78 is 39.0. The highest BCUT2D eigenvalue weighted by atomic mass is 35.5. The standard InChI is InChI=1S/C22H21ClF3NO3S/c23-18-12-14(3-7-20(18)31-9-1-8-28)16(11-13-2-4-15(29)10-13)19-6-5-17(21(30)27-19)22(24,25)26/h3,5-7,11-13,28H,1-2,4,8-10H2,(H,27,30)/b16-11-/t13-/m0/s1. The van der Waals surface area contributed by atoms with Crippen LogP contribution in [0.4, 0.5) is 13.2 Å². The molecule has 1 fully saturated rings. The summed E-state index contributed by atoms with van der Waals surface area (Å²) in [6, 6.07) is 7.27. The number of carbonyl (C=O) groups is 1. The largest absolute Gasteiger partial charge is 0.421 e. The van der Waals surface area contributed by atoms with Gasteiger partial charge in [0.1, 0.15) is 11.3 Å². The average Bonchev–Trinajstić information content (AvgIpc) is 3.11. The number of hydrogen-bond acceptors (Lipinski definition) is 4. The number of allylic oxidation sites excluding steroid dienone is 1. The van der Waals surface area contributed by atoms with E-state index in [0.29, 0.717) is 47.6 Å². The number of hydrogen-bond donors (Lipinski definition) is 2. The van der Waals surface area contributed by atoms with E-state index in [0.717, 1.165) is 11.0 Å². The van der Waals surface area contributed by atoms with Crippen molar-refractivity contribution in [3.8, 4) is 0 Å². The number of nitrogens with one attached hydrogen (secondary N) is 1. The zero-order chi connectivity index (χ0) is 22.6. The van der Waals surface area contributed by atoms with Crippen molar-refractivity contribution in [2.75, 3.05) is 12.4 Å². The molecule has 1 aromatic heterocycles. The molecule has 1 aliphatic rings. The Kier molecular flexibility index (Phi) is 7.67. The summed E-state index contributed by atoms with van der Waals surface area (Å²) in [6.07, 6.45) is -0.832. The molecule has 1 heterocycles. The molecule has 1 aliphatic carbocycles. The zero-order valence-corrected chi connectivity index (χ0v) is 18.0. The number of alkyl halides is 3. The van der Waals surface area contributed by atoms with E-state index in [1.54, 1.807) is 18.2 Å². The highest BCUT2D eigenvalue weighted by molar-refractivity contribution is 7.99. The predicted molar refractivity (Wildman–Crippen MR) is 115 cm³/mol. The Balaban J connectivity index is 2.01. The van der Waals surface area contributed by atoms with Gasteiger partial charge in [0.25, 0.3) is 5.56 Å². The summed E-state index contributed by atoms with van der Waals surface area (Å²) in [5.74, 6) is 0.759. The predicted octanol–water partition coefficient (Wildman–Crippen LogP) is 5.32. The smallest absolute Gasteiger partial charge is 0.396 e. The van der Waals surface area contributed by atoms with Crippen LogP contribution in [0.2, 0.25) is 5.02 Å². The summed E-state index contributed by atoms with van der Waals surface area (Å²) in [4.78, 5) is 26.9. The summed E-state index contributed by atoms with van der Waals surface area (Å²) >= 11 is 7.90. The molecule has 4 nitrogen and oxygen atoms in total. The van der Waals surface area contributed by atoms with Gasteiger partial charge in [-0.15, -0.1) is 11.8 Å². The summed E-state index contributed by atoms with van der Waals surface area (Å²) in [7, 11) is 0. The number of aromatic amines is 1. The van der Waals surface area contributed by atoms with Gasteiger partial charge in [0.2, 0.25) is 0 Å². The Morgan fingerprint density at radius 2 is 2.03 bits per heavy atom. The first-order chi connectivity index (χ1) is 14.7. The number of aliphatic hydroxyl groups is 1. The van der Waals surface area contributed by atoms with Gasteiger partial charge in [-0.05, 0) is 48.6 Å². The van der Waals surface area contributed by atoms with Crippen LogP contribution in [0.25, 0.3) is 5.57 Å². The number of thioether (sulfide) groups is 1. The van der Waals surface area contributed by atoms with Crippen LogP contribution in [-0.4, -0.2) is 28.2 Å². The van der Waals surface area contributed by atoms with E-state index in [9.17, 15) is 22.8 Å². The van der Waals surface area contributed by atoms with Gasteiger partial charge in [-0.25, -0.2) is 0 Å². The minimum atomic E-state index is -4.75. The number of ketones is 1. The first-order valence-corrected chi connectivity index (χ1v) is 11.1. The van der Waals surface area contributed by atoms with Crippen LogP contribution in [0, 0.1) is 5.92 Å². The fourth-order valence-electron chi connectivity index (χ4n) is 3.45. The monoisotopic (exact) mass is 471 g/mol. The van der Waals surface area contributed by atoms with E-state index >= 15 is 0 Å². The summed E-state index contributed by atoms with van der Waals surface area (Å²) in [6.45, 7) is 0.0803. The number of Topliss-reactive ketones (excluding diaryl/α,β-unsaturated/α-hetero) is 1. The lowest BCUT2D eigenvalue weighted by atomic mass is 9.95. The molecule has 0 saturated heterocycles. The molecule has 0 amide bonds. The van der Waals surface area contributed by atoms with E-state index in [4.69, 9.17) is 16.7 Å². The molecule has 0 radical (unpaired) electrons. The molecule has 0 bridgehead atoms. The quantitative estimate of drug-likeness (QED) is 0.423. The lowest BCUT2D eigenvalue weighted by Crippen LogP contribution is -2.22. The first kappa shape index (κ1) is 23.6. The molecule has 0 aliphatic heterocycles. The molecule has 2 N–H and O–H groups in total. The second-order valence-electron chi connectivity index (χ2n) is 7.31. The number of rotatable bonds is 7. The Bertz CT molecular complexity index is 1050. The number of aromatic nitrogens is 1. The molecular formula is C22H21ClF3NO3S. The van der Waals surface area contributed by atoms with Crippen LogP contribution in [0.1, 0.15) is 42.5 Å². The molecule has 2 aromatic rings. The lowest BCUT2D eigenvalue weighted by molar-refractivity contribution is -0.138. The molecular weight excluding hydrogens is 451 g/mol. The van der Waals surface area contributed by atoms with Crippen LogP contribution in [0.5, 0.6) is 0 Å². The number of pyridine rings is 1. The Labute approximate surface area is 186 Å². The third kappa shape index (κ3) is 6.02. The third-order valence-corrected chi connectivity index (χ3v) is 6.58. The molecule has 31 heavy (non-hydrogen) atoms. The number of aliphatic hydroxyl groups excluding tert-OH is 1. The minimum Gasteiger partial charge on any atom is -0.396 e. The molecule has 1 aromatic carbocycles.